The van der Waals surface area contributed by atoms with Gasteiger partial charge in [0, 0.05) is 33.3 Å². The maximum absolute atomic E-state index is 14.4. The van der Waals surface area contributed by atoms with Crippen molar-refractivity contribution in [2.75, 3.05) is 11.3 Å². The zero-order chi connectivity index (χ0) is 25.3. The normalized spacial score (nSPS) is 11.6. The van der Waals surface area contributed by atoms with Crippen LogP contribution in [0.25, 0.3) is 21.7 Å². The van der Waals surface area contributed by atoms with Crippen molar-refractivity contribution in [3.63, 3.8) is 0 Å². The molecule has 36 heavy (non-hydrogen) atoms. The second-order valence-corrected chi connectivity index (χ2v) is 10.6. The summed E-state index contributed by atoms with van der Waals surface area (Å²) in [4.78, 5) is 5.39. The lowest BCUT2D eigenvalue weighted by Gasteiger charge is -2.18. The van der Waals surface area contributed by atoms with E-state index in [9.17, 15) is 17.2 Å². The number of anilines is 1. The van der Waals surface area contributed by atoms with Crippen LogP contribution in [-0.2, 0) is 10.0 Å². The molecule has 0 unspecified atom stereocenters. The summed E-state index contributed by atoms with van der Waals surface area (Å²) in [6.45, 7) is 2.27. The van der Waals surface area contributed by atoms with Crippen molar-refractivity contribution < 1.29 is 21.9 Å². The highest BCUT2D eigenvalue weighted by molar-refractivity contribution is 7.99. The highest BCUT2D eigenvalue weighted by atomic mass is 32.2. The molecule has 0 saturated heterocycles. The standard InChI is InChI=1S/C27H20F2N2O3S2/c1-2-34-27-20-10-4-3-9-19(20)22(31-36(32,33)25-13-12-18(28)15-21(25)29)16-24(27)35-23-11-5-7-17-8-6-14-30-26(17)23/h3-16,31H,2H2,1H3. The molecule has 0 radical (unpaired) electrons. The number of pyridine rings is 1. The molecule has 1 heterocycles. The van der Waals surface area contributed by atoms with Gasteiger partial charge in [-0.25, -0.2) is 17.2 Å². The van der Waals surface area contributed by atoms with Gasteiger partial charge in [-0.2, -0.15) is 0 Å². The van der Waals surface area contributed by atoms with Crippen LogP contribution in [0.1, 0.15) is 6.92 Å². The van der Waals surface area contributed by atoms with Gasteiger partial charge in [0.25, 0.3) is 10.0 Å². The van der Waals surface area contributed by atoms with Gasteiger partial charge in [0.2, 0.25) is 0 Å². The summed E-state index contributed by atoms with van der Waals surface area (Å²) in [5.74, 6) is -1.43. The zero-order valence-electron chi connectivity index (χ0n) is 19.0. The van der Waals surface area contributed by atoms with E-state index in [0.717, 1.165) is 27.9 Å². The summed E-state index contributed by atoms with van der Waals surface area (Å²) in [7, 11) is -4.36. The highest BCUT2D eigenvalue weighted by Gasteiger charge is 2.23. The second-order valence-electron chi connectivity index (χ2n) is 7.84. The van der Waals surface area contributed by atoms with Crippen LogP contribution in [0.15, 0.2) is 99.7 Å². The van der Waals surface area contributed by atoms with Gasteiger partial charge >= 0.3 is 0 Å². The number of nitrogens with one attached hydrogen (secondary N) is 1. The lowest BCUT2D eigenvalue weighted by atomic mass is 10.1. The van der Waals surface area contributed by atoms with Crippen molar-refractivity contribution >= 4 is 49.1 Å². The first-order chi connectivity index (χ1) is 17.4. The Morgan fingerprint density at radius 2 is 1.69 bits per heavy atom. The van der Waals surface area contributed by atoms with Gasteiger partial charge < -0.3 is 4.74 Å². The van der Waals surface area contributed by atoms with E-state index in [1.807, 2.05) is 49.4 Å². The summed E-state index contributed by atoms with van der Waals surface area (Å²) in [5, 5.41) is 2.23. The fourth-order valence-electron chi connectivity index (χ4n) is 3.95. The van der Waals surface area contributed by atoms with Crippen LogP contribution in [0, 0.1) is 11.6 Å². The highest BCUT2D eigenvalue weighted by Crippen LogP contribution is 2.45. The summed E-state index contributed by atoms with van der Waals surface area (Å²) >= 11 is 1.39. The largest absolute Gasteiger partial charge is 0.492 e. The van der Waals surface area contributed by atoms with Crippen molar-refractivity contribution in [3.8, 4) is 5.75 Å². The number of para-hydroxylation sites is 1. The fraction of sp³-hybridized carbons (Fsp3) is 0.0741. The minimum absolute atomic E-state index is 0.244. The number of fused-ring (bicyclic) bond motifs is 2. The molecule has 182 valence electrons. The lowest BCUT2D eigenvalue weighted by molar-refractivity contribution is 0.336. The Morgan fingerprint density at radius 3 is 2.47 bits per heavy atom. The van der Waals surface area contributed by atoms with Gasteiger partial charge in [0.05, 0.1) is 22.7 Å². The molecule has 9 heteroatoms. The molecular formula is C27H20F2N2O3S2. The van der Waals surface area contributed by atoms with E-state index in [2.05, 4.69) is 9.71 Å². The Bertz CT molecular complexity index is 1700. The minimum Gasteiger partial charge on any atom is -0.492 e. The second kappa shape index (κ2) is 9.75. The van der Waals surface area contributed by atoms with Crippen molar-refractivity contribution in [1.82, 2.24) is 4.98 Å². The van der Waals surface area contributed by atoms with E-state index >= 15 is 0 Å². The summed E-state index contributed by atoms with van der Waals surface area (Å²) < 4.78 is 62.5. The molecule has 5 rings (SSSR count). The maximum Gasteiger partial charge on any atom is 0.264 e. The Labute approximate surface area is 211 Å². The number of hydrogen-bond donors (Lipinski definition) is 1. The van der Waals surface area contributed by atoms with Crippen LogP contribution in [0.2, 0.25) is 0 Å². The quantitative estimate of drug-likeness (QED) is 0.249. The third-order valence-corrected chi connectivity index (χ3v) is 7.96. The first-order valence-electron chi connectivity index (χ1n) is 11.1. The number of benzene rings is 4. The number of ether oxygens (including phenoxy) is 1. The molecule has 0 saturated carbocycles. The SMILES string of the molecule is CCOc1c(Sc2cccc3cccnc23)cc(NS(=O)(=O)c2ccc(F)cc2F)c2ccccc12. The van der Waals surface area contributed by atoms with E-state index < -0.39 is 26.6 Å². The van der Waals surface area contributed by atoms with Gasteiger partial charge in [0.1, 0.15) is 22.3 Å². The number of halogens is 2. The van der Waals surface area contributed by atoms with Crippen LogP contribution in [-0.4, -0.2) is 20.0 Å². The molecular weight excluding hydrogens is 502 g/mol. The van der Waals surface area contributed by atoms with Gasteiger partial charge in [-0.15, -0.1) is 0 Å². The number of aromatic nitrogens is 1. The Balaban J connectivity index is 1.67. The molecule has 0 aliphatic rings. The predicted molar refractivity (Wildman–Crippen MR) is 138 cm³/mol. The lowest BCUT2D eigenvalue weighted by Crippen LogP contribution is -2.15. The molecule has 5 nitrogen and oxygen atoms in total. The summed E-state index contributed by atoms with van der Waals surface area (Å²) in [6, 6.07) is 20.9. The number of nitrogens with zero attached hydrogens (tertiary/aromatic N) is 1. The van der Waals surface area contributed by atoms with Gasteiger partial charge in [-0.1, -0.05) is 54.2 Å². The Morgan fingerprint density at radius 1 is 0.917 bits per heavy atom. The molecule has 0 amide bonds. The first-order valence-corrected chi connectivity index (χ1v) is 13.4. The molecule has 1 N–H and O–H groups in total. The smallest absolute Gasteiger partial charge is 0.264 e. The average molecular weight is 523 g/mol. The van der Waals surface area contributed by atoms with Crippen LogP contribution in [0.5, 0.6) is 5.75 Å². The molecule has 0 spiro atoms. The van der Waals surface area contributed by atoms with Crippen LogP contribution < -0.4 is 9.46 Å². The zero-order valence-corrected chi connectivity index (χ0v) is 20.7. The average Bonchev–Trinajstić information content (AvgIpc) is 2.86. The van der Waals surface area contributed by atoms with Gasteiger partial charge in [-0.05, 0) is 37.3 Å². The predicted octanol–water partition coefficient (Wildman–Crippen LogP) is 7.02. The number of sulfonamides is 1. The van der Waals surface area contributed by atoms with E-state index in [4.69, 9.17) is 4.74 Å². The molecule has 0 aliphatic carbocycles. The third kappa shape index (κ3) is 4.59. The minimum atomic E-state index is -4.36. The van der Waals surface area contributed by atoms with Crippen LogP contribution in [0.4, 0.5) is 14.5 Å². The van der Waals surface area contributed by atoms with Crippen molar-refractivity contribution in [2.24, 2.45) is 0 Å². The third-order valence-electron chi connectivity index (χ3n) is 5.49. The van der Waals surface area contributed by atoms with Gasteiger partial charge in [-0.3, -0.25) is 9.71 Å². The summed E-state index contributed by atoms with van der Waals surface area (Å²) in [6.07, 6.45) is 1.72. The first kappa shape index (κ1) is 24.0. The molecule has 4 aromatic carbocycles. The van der Waals surface area contributed by atoms with E-state index in [1.165, 1.54) is 11.8 Å². The molecule has 0 aliphatic heterocycles. The van der Waals surface area contributed by atoms with E-state index in [1.54, 1.807) is 24.4 Å². The topological polar surface area (TPSA) is 68.3 Å². The van der Waals surface area contributed by atoms with Gasteiger partial charge in [0.15, 0.2) is 0 Å². The number of hydrogen-bond acceptors (Lipinski definition) is 5. The summed E-state index contributed by atoms with van der Waals surface area (Å²) in [5.41, 5.74) is 1.05. The Kier molecular flexibility index (Phi) is 6.51. The molecule has 0 bridgehead atoms. The van der Waals surface area contributed by atoms with Crippen molar-refractivity contribution in [2.45, 2.75) is 21.6 Å². The van der Waals surface area contributed by atoms with E-state index in [0.29, 0.717) is 34.1 Å². The molecule has 5 aromatic rings. The monoisotopic (exact) mass is 522 g/mol. The molecule has 1 aromatic heterocycles. The number of rotatable bonds is 7. The van der Waals surface area contributed by atoms with Crippen molar-refractivity contribution in [1.29, 1.82) is 0 Å². The molecule has 0 fully saturated rings. The van der Waals surface area contributed by atoms with Crippen LogP contribution in [0.3, 0.4) is 0 Å². The Hall–Kier alpha value is -3.69. The van der Waals surface area contributed by atoms with Crippen molar-refractivity contribution in [3.05, 3.63) is 96.7 Å². The van der Waals surface area contributed by atoms with Crippen LogP contribution >= 0.6 is 11.8 Å². The molecule has 0 atom stereocenters. The van der Waals surface area contributed by atoms with E-state index in [-0.39, 0.29) is 5.69 Å². The fourth-order valence-corrected chi connectivity index (χ4v) is 6.17. The maximum atomic E-state index is 14.4.